The third-order valence-corrected chi connectivity index (χ3v) is 3.93. The number of hydrogen-bond acceptors (Lipinski definition) is 3. The van der Waals surface area contributed by atoms with Gasteiger partial charge in [0.15, 0.2) is 0 Å². The molecule has 1 aliphatic rings. The Morgan fingerprint density at radius 1 is 1.30 bits per heavy atom. The SMILES string of the molecule is CN(C(=O)c1ccccc1C(C)(C)C)[C@H]1CNC[C@@H]1O. The summed E-state index contributed by atoms with van der Waals surface area (Å²) in [6.07, 6.45) is -0.495. The molecule has 4 nitrogen and oxygen atoms in total. The second-order valence-corrected chi connectivity index (χ2v) is 6.50. The van der Waals surface area contributed by atoms with Gasteiger partial charge in [0.1, 0.15) is 0 Å². The number of benzene rings is 1. The first-order valence-electron chi connectivity index (χ1n) is 7.08. The summed E-state index contributed by atoms with van der Waals surface area (Å²) in [7, 11) is 1.77. The molecule has 1 aromatic carbocycles. The molecule has 2 N–H and O–H groups in total. The van der Waals surface area contributed by atoms with Crippen molar-refractivity contribution in [1.29, 1.82) is 0 Å². The van der Waals surface area contributed by atoms with Gasteiger partial charge in [-0.15, -0.1) is 0 Å². The van der Waals surface area contributed by atoms with E-state index in [1.807, 2.05) is 24.3 Å². The van der Waals surface area contributed by atoms with Gasteiger partial charge in [0.05, 0.1) is 12.1 Å². The van der Waals surface area contributed by atoms with E-state index in [2.05, 4.69) is 26.1 Å². The fraction of sp³-hybridized carbons (Fsp3) is 0.562. The predicted molar refractivity (Wildman–Crippen MR) is 79.9 cm³/mol. The average Bonchev–Trinajstić information content (AvgIpc) is 2.82. The van der Waals surface area contributed by atoms with Crippen molar-refractivity contribution in [3.8, 4) is 0 Å². The van der Waals surface area contributed by atoms with E-state index in [4.69, 9.17) is 0 Å². The molecule has 110 valence electrons. The van der Waals surface area contributed by atoms with Crippen molar-refractivity contribution >= 4 is 5.91 Å². The van der Waals surface area contributed by atoms with Crippen LogP contribution in [0.4, 0.5) is 0 Å². The van der Waals surface area contributed by atoms with Crippen LogP contribution in [-0.2, 0) is 5.41 Å². The van der Waals surface area contributed by atoms with Gasteiger partial charge in [-0.2, -0.15) is 0 Å². The summed E-state index contributed by atoms with van der Waals surface area (Å²) in [5, 5.41) is 13.0. The maximum atomic E-state index is 12.7. The molecule has 1 saturated heterocycles. The zero-order valence-corrected chi connectivity index (χ0v) is 12.7. The maximum absolute atomic E-state index is 12.7. The third-order valence-electron chi connectivity index (χ3n) is 3.93. The van der Waals surface area contributed by atoms with E-state index in [0.717, 1.165) is 11.1 Å². The minimum absolute atomic E-state index is 0.0247. The molecule has 1 amide bonds. The Morgan fingerprint density at radius 2 is 1.95 bits per heavy atom. The van der Waals surface area contributed by atoms with E-state index in [0.29, 0.717) is 13.1 Å². The lowest BCUT2D eigenvalue weighted by Gasteiger charge is -2.29. The number of carbonyl (C=O) groups excluding carboxylic acids is 1. The molecule has 1 aromatic rings. The van der Waals surface area contributed by atoms with Gasteiger partial charge in [-0.25, -0.2) is 0 Å². The molecule has 0 bridgehead atoms. The van der Waals surface area contributed by atoms with Crippen molar-refractivity contribution in [2.45, 2.75) is 38.3 Å². The van der Waals surface area contributed by atoms with Crippen LogP contribution in [0.5, 0.6) is 0 Å². The molecule has 4 heteroatoms. The van der Waals surface area contributed by atoms with Crippen molar-refractivity contribution < 1.29 is 9.90 Å². The van der Waals surface area contributed by atoms with Crippen LogP contribution < -0.4 is 5.32 Å². The van der Waals surface area contributed by atoms with Crippen LogP contribution >= 0.6 is 0 Å². The van der Waals surface area contributed by atoms with Crippen LogP contribution in [0.3, 0.4) is 0 Å². The zero-order chi connectivity index (χ0) is 14.9. The lowest BCUT2D eigenvalue weighted by molar-refractivity contribution is 0.0579. The van der Waals surface area contributed by atoms with E-state index in [9.17, 15) is 9.90 Å². The number of rotatable bonds is 2. The average molecular weight is 276 g/mol. The predicted octanol–water partition coefficient (Wildman–Crippen LogP) is 1.39. The number of hydrogen-bond donors (Lipinski definition) is 2. The second-order valence-electron chi connectivity index (χ2n) is 6.50. The van der Waals surface area contributed by atoms with Gasteiger partial charge in [0.25, 0.3) is 5.91 Å². The van der Waals surface area contributed by atoms with E-state index in [1.165, 1.54) is 0 Å². The molecule has 0 radical (unpaired) electrons. The van der Waals surface area contributed by atoms with E-state index in [-0.39, 0.29) is 17.4 Å². The fourth-order valence-corrected chi connectivity index (χ4v) is 2.71. The van der Waals surface area contributed by atoms with Crippen LogP contribution in [0.15, 0.2) is 24.3 Å². The van der Waals surface area contributed by atoms with Gasteiger partial charge in [0, 0.05) is 25.7 Å². The minimum Gasteiger partial charge on any atom is -0.390 e. The van der Waals surface area contributed by atoms with E-state index >= 15 is 0 Å². The monoisotopic (exact) mass is 276 g/mol. The molecule has 0 saturated carbocycles. The number of aliphatic hydroxyl groups excluding tert-OH is 1. The van der Waals surface area contributed by atoms with Crippen LogP contribution in [-0.4, -0.2) is 48.2 Å². The molecule has 0 unspecified atom stereocenters. The molecule has 20 heavy (non-hydrogen) atoms. The van der Waals surface area contributed by atoms with Crippen LogP contribution in [0.25, 0.3) is 0 Å². The summed E-state index contributed by atoms with van der Waals surface area (Å²) < 4.78 is 0. The molecule has 1 fully saturated rings. The summed E-state index contributed by atoms with van der Waals surface area (Å²) in [5.74, 6) is -0.0247. The Bertz CT molecular complexity index is 493. The number of nitrogens with zero attached hydrogens (tertiary/aromatic N) is 1. The van der Waals surface area contributed by atoms with Crippen LogP contribution in [0.2, 0.25) is 0 Å². The smallest absolute Gasteiger partial charge is 0.254 e. The van der Waals surface area contributed by atoms with Crippen LogP contribution in [0, 0.1) is 0 Å². The number of nitrogens with one attached hydrogen (secondary N) is 1. The second kappa shape index (κ2) is 5.54. The first-order valence-corrected chi connectivity index (χ1v) is 7.08. The standard InChI is InChI=1S/C16H24N2O2/c1-16(2,3)12-8-6-5-7-11(12)15(20)18(4)13-9-17-10-14(13)19/h5-8,13-14,17,19H,9-10H2,1-4H3/t13-,14-/m0/s1. The van der Waals surface area contributed by atoms with Gasteiger partial charge in [-0.05, 0) is 17.0 Å². The summed E-state index contributed by atoms with van der Waals surface area (Å²) in [6.45, 7) is 7.49. The minimum atomic E-state index is -0.495. The van der Waals surface area contributed by atoms with Crippen molar-refractivity contribution in [3.05, 3.63) is 35.4 Å². The molecule has 0 aromatic heterocycles. The summed E-state index contributed by atoms with van der Waals surface area (Å²) in [4.78, 5) is 14.4. The topological polar surface area (TPSA) is 52.6 Å². The summed E-state index contributed by atoms with van der Waals surface area (Å²) >= 11 is 0. The first kappa shape index (κ1) is 15.0. The van der Waals surface area contributed by atoms with Crippen molar-refractivity contribution in [1.82, 2.24) is 10.2 Å². The first-order chi connectivity index (χ1) is 9.32. The number of amides is 1. The lowest BCUT2D eigenvalue weighted by Crippen LogP contribution is -2.44. The Morgan fingerprint density at radius 3 is 2.50 bits per heavy atom. The highest BCUT2D eigenvalue weighted by Gasteiger charge is 2.33. The number of β-amino-alcohol motifs (C(OH)–C–C–N with tert-alkyl or cyclic N) is 1. The highest BCUT2D eigenvalue weighted by Crippen LogP contribution is 2.27. The number of aliphatic hydroxyl groups is 1. The van der Waals surface area contributed by atoms with Gasteiger partial charge >= 0.3 is 0 Å². The number of likely N-dealkylation sites (N-methyl/N-ethyl adjacent to an activating group) is 1. The van der Waals surface area contributed by atoms with Crippen molar-refractivity contribution in [3.63, 3.8) is 0 Å². The summed E-state index contributed by atoms with van der Waals surface area (Å²) in [5.41, 5.74) is 1.68. The maximum Gasteiger partial charge on any atom is 0.254 e. The van der Waals surface area contributed by atoms with Gasteiger partial charge < -0.3 is 15.3 Å². The fourth-order valence-electron chi connectivity index (χ4n) is 2.71. The Balaban J connectivity index is 2.30. The molecule has 1 aliphatic heterocycles. The molecule has 0 spiro atoms. The van der Waals surface area contributed by atoms with Crippen molar-refractivity contribution in [2.24, 2.45) is 0 Å². The van der Waals surface area contributed by atoms with Gasteiger partial charge in [0.2, 0.25) is 0 Å². The van der Waals surface area contributed by atoms with Gasteiger partial charge in [-0.3, -0.25) is 4.79 Å². The lowest BCUT2D eigenvalue weighted by atomic mass is 9.83. The zero-order valence-electron chi connectivity index (χ0n) is 12.7. The molecule has 2 rings (SSSR count). The molecule has 1 heterocycles. The Hall–Kier alpha value is -1.39. The molecule has 2 atom stereocenters. The van der Waals surface area contributed by atoms with Crippen molar-refractivity contribution in [2.75, 3.05) is 20.1 Å². The van der Waals surface area contributed by atoms with Crippen LogP contribution in [0.1, 0.15) is 36.7 Å². The highest BCUT2D eigenvalue weighted by atomic mass is 16.3. The molecular formula is C16H24N2O2. The third kappa shape index (κ3) is 2.86. The highest BCUT2D eigenvalue weighted by molar-refractivity contribution is 5.96. The Labute approximate surface area is 120 Å². The summed E-state index contributed by atoms with van der Waals surface area (Å²) in [6, 6.07) is 7.57. The molecule has 0 aliphatic carbocycles. The van der Waals surface area contributed by atoms with E-state index in [1.54, 1.807) is 11.9 Å². The normalized spacial score (nSPS) is 22.9. The number of carbonyl (C=O) groups is 1. The van der Waals surface area contributed by atoms with Gasteiger partial charge in [-0.1, -0.05) is 39.0 Å². The Kier molecular flexibility index (Phi) is 4.16. The molecular weight excluding hydrogens is 252 g/mol. The van der Waals surface area contributed by atoms with E-state index < -0.39 is 6.10 Å². The quantitative estimate of drug-likeness (QED) is 0.858. The largest absolute Gasteiger partial charge is 0.390 e.